The van der Waals surface area contributed by atoms with Crippen molar-refractivity contribution in [3.05, 3.63) is 0 Å². The SMILES string of the molecule is COC(=O)CC(C)OC(=O)CC(C)OC(=O)CC(C)OC(=O)CC(C)O. The fourth-order valence-electron chi connectivity index (χ4n) is 1.97. The van der Waals surface area contributed by atoms with E-state index in [1.165, 1.54) is 27.9 Å². The standard InChI is InChI=1S/C17H28O9/c1-10(18)6-15(20)24-12(3)8-17(22)26-13(4)9-16(21)25-11(2)7-14(19)23-5/h10-13,18H,6-9H2,1-5H3. The summed E-state index contributed by atoms with van der Waals surface area (Å²) in [4.78, 5) is 46.0. The molecule has 9 heteroatoms. The van der Waals surface area contributed by atoms with Crippen molar-refractivity contribution in [1.82, 2.24) is 0 Å². The summed E-state index contributed by atoms with van der Waals surface area (Å²) >= 11 is 0. The minimum absolute atomic E-state index is 0.0637. The van der Waals surface area contributed by atoms with Crippen molar-refractivity contribution < 1.29 is 43.2 Å². The van der Waals surface area contributed by atoms with Crippen LogP contribution in [-0.4, -0.2) is 60.5 Å². The number of methoxy groups -OCH3 is 1. The summed E-state index contributed by atoms with van der Waals surface area (Å²) in [6, 6.07) is 0. The van der Waals surface area contributed by atoms with Crippen LogP contribution in [0.1, 0.15) is 53.4 Å². The highest BCUT2D eigenvalue weighted by atomic mass is 16.6. The van der Waals surface area contributed by atoms with Gasteiger partial charge in [0, 0.05) is 0 Å². The molecule has 0 saturated carbocycles. The number of aliphatic hydroxyl groups is 1. The van der Waals surface area contributed by atoms with Crippen LogP contribution >= 0.6 is 0 Å². The van der Waals surface area contributed by atoms with E-state index in [-0.39, 0.29) is 25.7 Å². The number of carbonyl (C=O) groups is 4. The predicted molar refractivity (Wildman–Crippen MR) is 88.8 cm³/mol. The van der Waals surface area contributed by atoms with Crippen LogP contribution in [0.4, 0.5) is 0 Å². The quantitative estimate of drug-likeness (QED) is 0.413. The predicted octanol–water partition coefficient (Wildman–Crippen LogP) is 0.896. The molecule has 0 rings (SSSR count). The molecule has 0 saturated heterocycles. The monoisotopic (exact) mass is 376 g/mol. The minimum atomic E-state index is -0.825. The van der Waals surface area contributed by atoms with Crippen molar-refractivity contribution in [2.24, 2.45) is 0 Å². The molecule has 0 radical (unpaired) electrons. The molecule has 1 N–H and O–H groups in total. The minimum Gasteiger partial charge on any atom is -0.469 e. The zero-order valence-electron chi connectivity index (χ0n) is 15.9. The van der Waals surface area contributed by atoms with Gasteiger partial charge in [0.15, 0.2) is 0 Å². The third-order valence-electron chi connectivity index (χ3n) is 3.05. The Labute approximate surface area is 152 Å². The van der Waals surface area contributed by atoms with Crippen LogP contribution in [0, 0.1) is 0 Å². The average molecular weight is 376 g/mol. The first-order valence-corrected chi connectivity index (χ1v) is 8.36. The van der Waals surface area contributed by atoms with Gasteiger partial charge in [-0.2, -0.15) is 0 Å². The van der Waals surface area contributed by atoms with Crippen LogP contribution < -0.4 is 0 Å². The third-order valence-corrected chi connectivity index (χ3v) is 3.05. The van der Waals surface area contributed by atoms with Gasteiger partial charge in [0.25, 0.3) is 0 Å². The van der Waals surface area contributed by atoms with Gasteiger partial charge in [-0.1, -0.05) is 0 Å². The fourth-order valence-corrected chi connectivity index (χ4v) is 1.97. The van der Waals surface area contributed by atoms with E-state index in [9.17, 15) is 19.2 Å². The number of carbonyl (C=O) groups excluding carboxylic acids is 4. The summed E-state index contributed by atoms with van der Waals surface area (Å²) < 4.78 is 19.5. The largest absolute Gasteiger partial charge is 0.469 e. The molecule has 9 nitrogen and oxygen atoms in total. The zero-order chi connectivity index (χ0) is 20.3. The summed E-state index contributed by atoms with van der Waals surface area (Å²) in [6.45, 7) is 6.05. The molecule has 0 aromatic rings. The number of ether oxygens (including phenoxy) is 4. The zero-order valence-corrected chi connectivity index (χ0v) is 15.9. The van der Waals surface area contributed by atoms with Gasteiger partial charge >= 0.3 is 23.9 Å². The maximum Gasteiger partial charge on any atom is 0.309 e. The number of esters is 4. The smallest absolute Gasteiger partial charge is 0.309 e. The van der Waals surface area contributed by atoms with E-state index in [4.69, 9.17) is 19.3 Å². The van der Waals surface area contributed by atoms with E-state index in [0.29, 0.717) is 0 Å². The molecular weight excluding hydrogens is 348 g/mol. The second-order valence-corrected chi connectivity index (χ2v) is 6.14. The van der Waals surface area contributed by atoms with Gasteiger partial charge in [-0.25, -0.2) is 0 Å². The van der Waals surface area contributed by atoms with E-state index in [1.807, 2.05) is 0 Å². The van der Waals surface area contributed by atoms with Crippen LogP contribution in [0.2, 0.25) is 0 Å². The van der Waals surface area contributed by atoms with E-state index >= 15 is 0 Å². The lowest BCUT2D eigenvalue weighted by Crippen LogP contribution is -2.26. The van der Waals surface area contributed by atoms with Gasteiger partial charge in [-0.15, -0.1) is 0 Å². The number of aliphatic hydroxyl groups excluding tert-OH is 1. The fraction of sp³-hybridized carbons (Fsp3) is 0.765. The topological polar surface area (TPSA) is 125 Å². The van der Waals surface area contributed by atoms with Gasteiger partial charge < -0.3 is 24.1 Å². The molecule has 0 aromatic heterocycles. The molecule has 0 aliphatic heterocycles. The highest BCUT2D eigenvalue weighted by molar-refractivity contribution is 5.74. The normalized spacial score (nSPS) is 15.2. The van der Waals surface area contributed by atoms with Crippen LogP contribution in [0.3, 0.4) is 0 Å². The first-order valence-electron chi connectivity index (χ1n) is 8.36. The van der Waals surface area contributed by atoms with Gasteiger partial charge in [0.05, 0.1) is 38.9 Å². The lowest BCUT2D eigenvalue weighted by molar-refractivity contribution is -0.160. The highest BCUT2D eigenvalue weighted by Crippen LogP contribution is 2.08. The number of hydrogen-bond acceptors (Lipinski definition) is 9. The van der Waals surface area contributed by atoms with Crippen molar-refractivity contribution >= 4 is 23.9 Å². The van der Waals surface area contributed by atoms with E-state index < -0.39 is 48.3 Å². The molecule has 0 spiro atoms. The van der Waals surface area contributed by atoms with Crippen molar-refractivity contribution in [3.8, 4) is 0 Å². The summed E-state index contributed by atoms with van der Waals surface area (Å²) in [7, 11) is 1.24. The Morgan fingerprint density at radius 3 is 1.27 bits per heavy atom. The third kappa shape index (κ3) is 12.2. The van der Waals surface area contributed by atoms with E-state index in [2.05, 4.69) is 4.74 Å². The Morgan fingerprint density at radius 2 is 0.962 bits per heavy atom. The molecule has 0 amide bonds. The van der Waals surface area contributed by atoms with Crippen LogP contribution in [-0.2, 0) is 38.1 Å². The summed E-state index contributed by atoms with van der Waals surface area (Å²) in [5.41, 5.74) is 0. The molecule has 0 aromatic carbocycles. The molecular formula is C17H28O9. The van der Waals surface area contributed by atoms with Gasteiger partial charge in [0.2, 0.25) is 0 Å². The summed E-state index contributed by atoms with van der Waals surface area (Å²) in [5, 5.41) is 9.08. The van der Waals surface area contributed by atoms with Crippen molar-refractivity contribution in [3.63, 3.8) is 0 Å². The van der Waals surface area contributed by atoms with Crippen molar-refractivity contribution in [2.45, 2.75) is 77.8 Å². The number of rotatable bonds is 11. The van der Waals surface area contributed by atoms with Gasteiger partial charge in [0.1, 0.15) is 18.3 Å². The lowest BCUT2D eigenvalue weighted by atomic mass is 10.2. The molecule has 0 aliphatic rings. The highest BCUT2D eigenvalue weighted by Gasteiger charge is 2.21. The van der Waals surface area contributed by atoms with Gasteiger partial charge in [-0.05, 0) is 27.7 Å². The molecule has 0 bridgehead atoms. The van der Waals surface area contributed by atoms with Crippen LogP contribution in [0.5, 0.6) is 0 Å². The molecule has 4 atom stereocenters. The van der Waals surface area contributed by atoms with Crippen molar-refractivity contribution in [2.75, 3.05) is 7.11 Å². The molecule has 0 fully saturated rings. The Morgan fingerprint density at radius 1 is 0.654 bits per heavy atom. The molecule has 0 heterocycles. The first-order chi connectivity index (χ1) is 12.0. The number of hydrogen-bond donors (Lipinski definition) is 1. The summed E-state index contributed by atoms with van der Waals surface area (Å²) in [5.74, 6) is -2.36. The summed E-state index contributed by atoms with van der Waals surface area (Å²) in [6.07, 6.45) is -3.50. The Kier molecular flexibility index (Phi) is 11.2. The second-order valence-electron chi connectivity index (χ2n) is 6.14. The molecule has 4 unspecified atom stereocenters. The Bertz CT molecular complexity index is 487. The lowest BCUT2D eigenvalue weighted by Gasteiger charge is -2.17. The van der Waals surface area contributed by atoms with E-state index in [1.54, 1.807) is 6.92 Å². The second kappa shape index (κ2) is 12.2. The maximum atomic E-state index is 11.8. The average Bonchev–Trinajstić information content (AvgIpc) is 2.44. The van der Waals surface area contributed by atoms with Crippen LogP contribution in [0.25, 0.3) is 0 Å². The molecule has 26 heavy (non-hydrogen) atoms. The Balaban J connectivity index is 4.15. The Hall–Kier alpha value is -2.16. The van der Waals surface area contributed by atoms with Crippen molar-refractivity contribution in [1.29, 1.82) is 0 Å². The van der Waals surface area contributed by atoms with Gasteiger partial charge in [-0.3, -0.25) is 19.2 Å². The van der Waals surface area contributed by atoms with E-state index in [0.717, 1.165) is 0 Å². The van der Waals surface area contributed by atoms with Crippen LogP contribution in [0.15, 0.2) is 0 Å². The molecule has 0 aliphatic carbocycles. The first kappa shape index (κ1) is 23.8. The maximum absolute atomic E-state index is 11.8. The molecule has 150 valence electrons.